The molecule has 0 bridgehead atoms. The number of hydrogen-bond donors (Lipinski definition) is 1. The van der Waals surface area contributed by atoms with Crippen molar-refractivity contribution in [1.82, 2.24) is 0 Å². The van der Waals surface area contributed by atoms with Gasteiger partial charge in [0.05, 0.1) is 24.2 Å². The van der Waals surface area contributed by atoms with Gasteiger partial charge in [0, 0.05) is 0 Å². The van der Waals surface area contributed by atoms with E-state index in [0.717, 1.165) is 16.1 Å². The van der Waals surface area contributed by atoms with E-state index in [-0.39, 0.29) is 12.0 Å². The van der Waals surface area contributed by atoms with E-state index in [1.54, 1.807) is 36.4 Å². The summed E-state index contributed by atoms with van der Waals surface area (Å²) >= 11 is 0. The molecule has 0 fully saturated rings. The van der Waals surface area contributed by atoms with Crippen molar-refractivity contribution in [2.24, 2.45) is 0 Å². The Morgan fingerprint density at radius 2 is 1.68 bits per heavy atom. The Labute approximate surface area is 167 Å². The van der Waals surface area contributed by atoms with E-state index >= 15 is 0 Å². The van der Waals surface area contributed by atoms with Crippen LogP contribution >= 0.6 is 0 Å². The number of carbonyl (C=O) groups is 1. The number of rotatable bonds is 7. The highest BCUT2D eigenvalue weighted by Gasteiger charge is 2.22. The molecule has 0 saturated carbocycles. The van der Waals surface area contributed by atoms with Crippen molar-refractivity contribution in [3.05, 3.63) is 54.1 Å². The van der Waals surface area contributed by atoms with E-state index in [4.69, 9.17) is 4.74 Å². The van der Waals surface area contributed by atoms with Gasteiger partial charge in [-0.15, -0.1) is 0 Å². The van der Waals surface area contributed by atoms with E-state index in [1.807, 2.05) is 19.1 Å². The summed E-state index contributed by atoms with van der Waals surface area (Å²) in [5.41, 5.74) is 1.99. The molecular weight excluding hydrogens is 376 g/mol. The fraction of sp³-hybridized carbons (Fsp3) is 0.381. The SMILES string of the molecule is CCOc1ccccc1NC(=O)CN(c1ccc(C(C)(C)C)cc1)S(C)(=O)=O. The molecule has 0 spiro atoms. The van der Waals surface area contributed by atoms with Crippen molar-refractivity contribution in [1.29, 1.82) is 0 Å². The lowest BCUT2D eigenvalue weighted by molar-refractivity contribution is -0.114. The topological polar surface area (TPSA) is 75.7 Å². The highest BCUT2D eigenvalue weighted by molar-refractivity contribution is 7.92. The average Bonchev–Trinajstić information content (AvgIpc) is 2.60. The quantitative estimate of drug-likeness (QED) is 0.762. The van der Waals surface area contributed by atoms with Crippen LogP contribution in [0.15, 0.2) is 48.5 Å². The summed E-state index contributed by atoms with van der Waals surface area (Å²) in [5.74, 6) is 0.0938. The summed E-state index contributed by atoms with van der Waals surface area (Å²) in [6, 6.07) is 14.3. The van der Waals surface area contributed by atoms with Gasteiger partial charge >= 0.3 is 0 Å². The first-order chi connectivity index (χ1) is 13.0. The van der Waals surface area contributed by atoms with E-state index < -0.39 is 15.9 Å². The van der Waals surface area contributed by atoms with Crippen LogP contribution in [0.25, 0.3) is 0 Å². The molecule has 152 valence electrons. The Hall–Kier alpha value is -2.54. The largest absolute Gasteiger partial charge is 0.492 e. The summed E-state index contributed by atoms with van der Waals surface area (Å²) in [6.45, 7) is 8.24. The van der Waals surface area contributed by atoms with Gasteiger partial charge in [-0.05, 0) is 42.2 Å². The van der Waals surface area contributed by atoms with Crippen molar-refractivity contribution in [3.8, 4) is 5.75 Å². The van der Waals surface area contributed by atoms with Gasteiger partial charge in [0.25, 0.3) is 0 Å². The predicted octanol–water partition coefficient (Wildman–Crippen LogP) is 3.79. The molecule has 1 N–H and O–H groups in total. The van der Waals surface area contributed by atoms with Crippen LogP contribution in [-0.4, -0.2) is 33.7 Å². The summed E-state index contributed by atoms with van der Waals surface area (Å²) in [5, 5.41) is 2.73. The molecule has 0 aliphatic carbocycles. The number of nitrogens with one attached hydrogen (secondary N) is 1. The fourth-order valence-electron chi connectivity index (χ4n) is 2.70. The van der Waals surface area contributed by atoms with Crippen LogP contribution < -0.4 is 14.4 Å². The molecule has 0 heterocycles. The zero-order valence-electron chi connectivity index (χ0n) is 17.0. The maximum absolute atomic E-state index is 12.6. The number of sulfonamides is 1. The van der Waals surface area contributed by atoms with E-state index in [0.29, 0.717) is 23.7 Å². The van der Waals surface area contributed by atoms with Crippen molar-refractivity contribution < 1.29 is 17.9 Å². The van der Waals surface area contributed by atoms with Crippen LogP contribution in [0.3, 0.4) is 0 Å². The van der Waals surface area contributed by atoms with E-state index in [1.165, 1.54) is 0 Å². The second kappa shape index (κ2) is 8.65. The van der Waals surface area contributed by atoms with Crippen molar-refractivity contribution in [2.45, 2.75) is 33.1 Å². The van der Waals surface area contributed by atoms with Gasteiger partial charge in [-0.2, -0.15) is 0 Å². The fourth-order valence-corrected chi connectivity index (χ4v) is 3.56. The number of carbonyl (C=O) groups excluding carboxylic acids is 1. The molecule has 2 aromatic rings. The molecule has 1 amide bonds. The first-order valence-corrected chi connectivity index (χ1v) is 11.0. The smallest absolute Gasteiger partial charge is 0.245 e. The lowest BCUT2D eigenvalue weighted by Crippen LogP contribution is -2.37. The summed E-state index contributed by atoms with van der Waals surface area (Å²) < 4.78 is 31.2. The molecule has 0 aromatic heterocycles. The minimum atomic E-state index is -3.63. The Bertz CT molecular complexity index is 916. The minimum absolute atomic E-state index is 0.0468. The molecule has 7 heteroatoms. The number of para-hydroxylation sites is 2. The van der Waals surface area contributed by atoms with Gasteiger partial charge in [-0.1, -0.05) is 45.0 Å². The van der Waals surface area contributed by atoms with Crippen LogP contribution in [0, 0.1) is 0 Å². The van der Waals surface area contributed by atoms with Crippen molar-refractivity contribution in [3.63, 3.8) is 0 Å². The number of ether oxygens (including phenoxy) is 1. The number of benzene rings is 2. The van der Waals surface area contributed by atoms with Gasteiger partial charge in [-0.25, -0.2) is 8.42 Å². The van der Waals surface area contributed by atoms with Gasteiger partial charge in [0.15, 0.2) is 0 Å². The normalized spacial score (nSPS) is 11.8. The Balaban J connectivity index is 2.23. The third kappa shape index (κ3) is 5.73. The second-order valence-electron chi connectivity index (χ2n) is 7.54. The third-order valence-corrected chi connectivity index (χ3v) is 5.31. The van der Waals surface area contributed by atoms with Crippen LogP contribution in [0.4, 0.5) is 11.4 Å². The maximum atomic E-state index is 12.6. The number of nitrogens with zero attached hydrogens (tertiary/aromatic N) is 1. The van der Waals surface area contributed by atoms with Gasteiger partial charge in [0.2, 0.25) is 15.9 Å². The first kappa shape index (κ1) is 21.8. The zero-order chi connectivity index (χ0) is 20.9. The molecule has 2 rings (SSSR count). The van der Waals surface area contributed by atoms with Crippen LogP contribution in [0.2, 0.25) is 0 Å². The molecule has 0 radical (unpaired) electrons. The number of hydrogen-bond acceptors (Lipinski definition) is 4. The molecular formula is C21H28N2O4S. The average molecular weight is 405 g/mol. The molecule has 0 aliphatic rings. The van der Waals surface area contributed by atoms with Crippen LogP contribution in [0.5, 0.6) is 5.75 Å². The van der Waals surface area contributed by atoms with Gasteiger partial charge in [-0.3, -0.25) is 9.10 Å². The number of anilines is 2. The molecule has 0 aliphatic heterocycles. The molecule has 0 unspecified atom stereocenters. The monoisotopic (exact) mass is 404 g/mol. The summed E-state index contributed by atoms with van der Waals surface area (Å²) in [4.78, 5) is 12.6. The number of amides is 1. The lowest BCUT2D eigenvalue weighted by Gasteiger charge is -2.24. The lowest BCUT2D eigenvalue weighted by atomic mass is 9.87. The molecule has 0 saturated heterocycles. The standard InChI is InChI=1S/C21H28N2O4S/c1-6-27-19-10-8-7-9-18(19)22-20(24)15-23(28(5,25)26)17-13-11-16(12-14-17)21(2,3)4/h7-14H,6,15H2,1-5H3,(H,22,24). The van der Waals surface area contributed by atoms with Gasteiger partial charge in [0.1, 0.15) is 12.3 Å². The molecule has 0 atom stereocenters. The molecule has 2 aromatic carbocycles. The van der Waals surface area contributed by atoms with E-state index in [2.05, 4.69) is 26.1 Å². The highest BCUT2D eigenvalue weighted by atomic mass is 32.2. The maximum Gasteiger partial charge on any atom is 0.245 e. The van der Waals surface area contributed by atoms with Gasteiger partial charge < -0.3 is 10.1 Å². The zero-order valence-corrected chi connectivity index (χ0v) is 17.8. The molecule has 28 heavy (non-hydrogen) atoms. The van der Waals surface area contributed by atoms with Crippen molar-refractivity contribution in [2.75, 3.05) is 29.0 Å². The van der Waals surface area contributed by atoms with Crippen molar-refractivity contribution >= 4 is 27.3 Å². The second-order valence-corrected chi connectivity index (χ2v) is 9.45. The van der Waals surface area contributed by atoms with E-state index in [9.17, 15) is 13.2 Å². The molecule has 6 nitrogen and oxygen atoms in total. The summed E-state index contributed by atoms with van der Waals surface area (Å²) in [6.07, 6.45) is 1.09. The summed E-state index contributed by atoms with van der Waals surface area (Å²) in [7, 11) is -3.63. The third-order valence-electron chi connectivity index (χ3n) is 4.17. The Kier molecular flexibility index (Phi) is 6.72. The predicted molar refractivity (Wildman–Crippen MR) is 114 cm³/mol. The first-order valence-electron chi connectivity index (χ1n) is 9.12. The Morgan fingerprint density at radius 1 is 1.07 bits per heavy atom. The minimum Gasteiger partial charge on any atom is -0.492 e. The highest BCUT2D eigenvalue weighted by Crippen LogP contribution is 2.27. The van der Waals surface area contributed by atoms with Crippen LogP contribution in [0.1, 0.15) is 33.3 Å². The Morgan fingerprint density at radius 3 is 2.21 bits per heavy atom. The van der Waals surface area contributed by atoms with Crippen LogP contribution in [-0.2, 0) is 20.2 Å².